The van der Waals surface area contributed by atoms with Gasteiger partial charge in [-0.05, 0) is 55.9 Å². The summed E-state index contributed by atoms with van der Waals surface area (Å²) < 4.78 is 1.38. The lowest BCUT2D eigenvalue weighted by Crippen LogP contribution is -2.28. The molecule has 0 bridgehead atoms. The molecule has 2 heterocycles. The van der Waals surface area contributed by atoms with Crippen LogP contribution in [0.2, 0.25) is 5.02 Å². The van der Waals surface area contributed by atoms with Crippen molar-refractivity contribution in [3.05, 3.63) is 55.9 Å². The van der Waals surface area contributed by atoms with Crippen LogP contribution in [0.5, 0.6) is 0 Å². The summed E-state index contributed by atoms with van der Waals surface area (Å²) in [5.74, 6) is -0.303. The van der Waals surface area contributed by atoms with Crippen molar-refractivity contribution in [2.75, 3.05) is 5.32 Å². The van der Waals surface area contributed by atoms with Crippen LogP contribution in [0.15, 0.2) is 29.3 Å². The average molecular weight is 388 g/mol. The van der Waals surface area contributed by atoms with Gasteiger partial charge in [0.1, 0.15) is 11.4 Å². The predicted molar refractivity (Wildman–Crippen MR) is 105 cm³/mol. The molecule has 0 spiro atoms. The van der Waals surface area contributed by atoms with E-state index in [1.807, 2.05) is 13.0 Å². The van der Waals surface area contributed by atoms with E-state index in [0.29, 0.717) is 16.1 Å². The van der Waals surface area contributed by atoms with Crippen molar-refractivity contribution in [2.45, 2.75) is 39.2 Å². The van der Waals surface area contributed by atoms with E-state index in [1.165, 1.54) is 15.8 Å². The van der Waals surface area contributed by atoms with E-state index < -0.39 is 0 Å². The molecule has 5 nitrogen and oxygen atoms in total. The van der Waals surface area contributed by atoms with Gasteiger partial charge in [0, 0.05) is 4.88 Å². The number of benzene rings is 1. The largest absolute Gasteiger partial charge is 0.323 e. The zero-order valence-corrected chi connectivity index (χ0v) is 15.9. The maximum Gasteiger partial charge on any atom is 0.262 e. The Bertz CT molecular complexity index is 1070. The van der Waals surface area contributed by atoms with Gasteiger partial charge in [0.05, 0.1) is 22.4 Å². The molecule has 134 valence electrons. The van der Waals surface area contributed by atoms with Crippen molar-refractivity contribution < 1.29 is 4.79 Å². The second-order valence-electron chi connectivity index (χ2n) is 6.60. The van der Waals surface area contributed by atoms with E-state index in [9.17, 15) is 9.59 Å². The molecule has 2 aromatic heterocycles. The SMILES string of the molecule is Cc1ccc(NC(=O)Cn2cnc3sc4c(c3c2=O)CCCC4)c(Cl)c1. The quantitative estimate of drug-likeness (QED) is 0.740. The van der Waals surface area contributed by atoms with Crippen LogP contribution in [-0.2, 0) is 24.2 Å². The van der Waals surface area contributed by atoms with Crippen molar-refractivity contribution in [1.29, 1.82) is 0 Å². The fourth-order valence-electron chi connectivity index (χ4n) is 3.36. The topological polar surface area (TPSA) is 64.0 Å². The molecule has 1 aromatic carbocycles. The Kier molecular flexibility index (Phi) is 4.54. The molecule has 0 saturated heterocycles. The molecule has 1 amide bonds. The summed E-state index contributed by atoms with van der Waals surface area (Å²) in [7, 11) is 0. The zero-order chi connectivity index (χ0) is 18.3. The monoisotopic (exact) mass is 387 g/mol. The van der Waals surface area contributed by atoms with Gasteiger partial charge in [0.2, 0.25) is 5.91 Å². The van der Waals surface area contributed by atoms with E-state index in [2.05, 4.69) is 10.3 Å². The van der Waals surface area contributed by atoms with Crippen LogP contribution in [-0.4, -0.2) is 15.5 Å². The van der Waals surface area contributed by atoms with Crippen LogP contribution in [0, 0.1) is 6.92 Å². The molecular weight excluding hydrogens is 370 g/mol. The molecule has 1 N–H and O–H groups in total. The van der Waals surface area contributed by atoms with Crippen LogP contribution >= 0.6 is 22.9 Å². The molecule has 26 heavy (non-hydrogen) atoms. The number of fused-ring (bicyclic) bond motifs is 3. The maximum absolute atomic E-state index is 12.9. The summed E-state index contributed by atoms with van der Waals surface area (Å²) >= 11 is 7.76. The molecule has 3 aromatic rings. The van der Waals surface area contributed by atoms with Gasteiger partial charge in [-0.25, -0.2) is 4.98 Å². The number of thiophene rings is 1. The van der Waals surface area contributed by atoms with Gasteiger partial charge in [-0.3, -0.25) is 14.2 Å². The van der Waals surface area contributed by atoms with Crippen LogP contribution in [0.25, 0.3) is 10.2 Å². The number of hydrogen-bond donors (Lipinski definition) is 1. The van der Waals surface area contributed by atoms with Crippen molar-refractivity contribution in [3.8, 4) is 0 Å². The Balaban J connectivity index is 1.61. The first kappa shape index (κ1) is 17.2. The second-order valence-corrected chi connectivity index (χ2v) is 8.09. The van der Waals surface area contributed by atoms with Crippen molar-refractivity contribution in [1.82, 2.24) is 9.55 Å². The Hall–Kier alpha value is -2.18. The fourth-order valence-corrected chi connectivity index (χ4v) is 4.86. The summed E-state index contributed by atoms with van der Waals surface area (Å²) in [4.78, 5) is 31.7. The molecule has 0 atom stereocenters. The molecule has 1 aliphatic rings. The fraction of sp³-hybridized carbons (Fsp3) is 0.316. The van der Waals surface area contributed by atoms with E-state index in [0.717, 1.165) is 41.6 Å². The standard InChI is InChI=1S/C19H18ClN3O2S/c1-11-6-7-14(13(20)8-11)22-16(24)9-23-10-21-18-17(19(23)25)12-4-2-3-5-15(12)26-18/h6-8,10H,2-5,9H2,1H3,(H,22,24). The molecule has 0 radical (unpaired) electrons. The summed E-state index contributed by atoms with van der Waals surface area (Å²) in [6.45, 7) is 1.84. The molecular formula is C19H18ClN3O2S. The minimum Gasteiger partial charge on any atom is -0.323 e. The smallest absolute Gasteiger partial charge is 0.262 e. The minimum atomic E-state index is -0.303. The number of rotatable bonds is 3. The first-order valence-electron chi connectivity index (χ1n) is 8.58. The van der Waals surface area contributed by atoms with Crippen LogP contribution in [0.4, 0.5) is 5.69 Å². The van der Waals surface area contributed by atoms with Gasteiger partial charge in [-0.2, -0.15) is 0 Å². The lowest BCUT2D eigenvalue weighted by Gasteiger charge is -2.11. The number of anilines is 1. The third kappa shape index (κ3) is 3.15. The Morgan fingerprint density at radius 1 is 1.35 bits per heavy atom. The number of amides is 1. The Morgan fingerprint density at radius 2 is 2.15 bits per heavy atom. The van der Waals surface area contributed by atoms with E-state index >= 15 is 0 Å². The number of nitrogens with one attached hydrogen (secondary N) is 1. The molecule has 0 fully saturated rings. The van der Waals surface area contributed by atoms with E-state index in [-0.39, 0.29) is 18.0 Å². The zero-order valence-electron chi connectivity index (χ0n) is 14.3. The van der Waals surface area contributed by atoms with E-state index in [1.54, 1.807) is 23.5 Å². The van der Waals surface area contributed by atoms with Crippen LogP contribution < -0.4 is 10.9 Å². The summed E-state index contributed by atoms with van der Waals surface area (Å²) in [5, 5.41) is 3.93. The molecule has 4 rings (SSSR count). The summed E-state index contributed by atoms with van der Waals surface area (Å²) in [6.07, 6.45) is 5.65. The summed E-state index contributed by atoms with van der Waals surface area (Å²) in [5.41, 5.74) is 2.54. The molecule has 0 aliphatic heterocycles. The van der Waals surface area contributed by atoms with Gasteiger partial charge in [-0.15, -0.1) is 11.3 Å². The molecule has 0 saturated carbocycles. The van der Waals surface area contributed by atoms with Gasteiger partial charge >= 0.3 is 0 Å². The van der Waals surface area contributed by atoms with Gasteiger partial charge in [0.25, 0.3) is 5.56 Å². The van der Waals surface area contributed by atoms with Gasteiger partial charge in [-0.1, -0.05) is 17.7 Å². The first-order chi connectivity index (χ1) is 12.5. The highest BCUT2D eigenvalue weighted by Crippen LogP contribution is 2.33. The Morgan fingerprint density at radius 3 is 2.96 bits per heavy atom. The van der Waals surface area contributed by atoms with Crippen LogP contribution in [0.3, 0.4) is 0 Å². The normalized spacial score (nSPS) is 13.6. The highest BCUT2D eigenvalue weighted by molar-refractivity contribution is 7.18. The number of nitrogens with zero attached hydrogens (tertiary/aromatic N) is 2. The number of carbonyl (C=O) groups excluding carboxylic acids is 1. The average Bonchev–Trinajstić information content (AvgIpc) is 2.99. The third-order valence-electron chi connectivity index (χ3n) is 4.65. The highest BCUT2D eigenvalue weighted by atomic mass is 35.5. The maximum atomic E-state index is 12.9. The first-order valence-corrected chi connectivity index (χ1v) is 9.78. The number of hydrogen-bond acceptors (Lipinski definition) is 4. The van der Waals surface area contributed by atoms with E-state index in [4.69, 9.17) is 11.6 Å². The molecule has 7 heteroatoms. The number of halogens is 1. The lowest BCUT2D eigenvalue weighted by atomic mass is 9.97. The molecule has 0 unspecified atom stereocenters. The van der Waals surface area contributed by atoms with Crippen LogP contribution in [0.1, 0.15) is 28.8 Å². The van der Waals surface area contributed by atoms with Gasteiger partial charge < -0.3 is 5.32 Å². The van der Waals surface area contributed by atoms with Crippen molar-refractivity contribution >= 4 is 44.7 Å². The minimum absolute atomic E-state index is 0.0867. The number of aromatic nitrogens is 2. The van der Waals surface area contributed by atoms with Gasteiger partial charge in [0.15, 0.2) is 0 Å². The lowest BCUT2D eigenvalue weighted by molar-refractivity contribution is -0.116. The number of aryl methyl sites for hydroxylation is 3. The highest BCUT2D eigenvalue weighted by Gasteiger charge is 2.20. The summed E-state index contributed by atoms with van der Waals surface area (Å²) in [6, 6.07) is 5.42. The third-order valence-corrected chi connectivity index (χ3v) is 6.17. The second kappa shape index (κ2) is 6.85. The van der Waals surface area contributed by atoms with Crippen molar-refractivity contribution in [3.63, 3.8) is 0 Å². The van der Waals surface area contributed by atoms with Crippen molar-refractivity contribution in [2.24, 2.45) is 0 Å². The number of carbonyl (C=O) groups is 1. The molecule has 1 aliphatic carbocycles. The predicted octanol–water partition coefficient (Wildman–Crippen LogP) is 3.94. The Labute approximate surface area is 159 Å².